The molecule has 0 atom stereocenters. The number of carbonyl (C=O) groups excluding carboxylic acids is 1. The minimum absolute atomic E-state index is 0.184. The molecule has 0 saturated heterocycles. The van der Waals surface area contributed by atoms with Crippen LogP contribution in [0.25, 0.3) is 11.3 Å². The predicted octanol–water partition coefficient (Wildman–Crippen LogP) is 3.07. The number of nitrogen functional groups attached to an aromatic ring is 1. The van der Waals surface area contributed by atoms with Crippen molar-refractivity contribution in [3.05, 3.63) is 36.5 Å². The average Bonchev–Trinajstić information content (AvgIpc) is 2.36. The summed E-state index contributed by atoms with van der Waals surface area (Å²) in [6.45, 7) is 5.36. The lowest BCUT2D eigenvalue weighted by Gasteiger charge is -2.19. The highest BCUT2D eigenvalue weighted by molar-refractivity contribution is 5.82. The van der Waals surface area contributed by atoms with Gasteiger partial charge in [0.15, 0.2) is 0 Å². The first-order valence-electron chi connectivity index (χ1n) is 6.52. The molecule has 0 spiro atoms. The van der Waals surface area contributed by atoms with Gasteiger partial charge in [-0.15, -0.1) is 0 Å². The lowest BCUT2D eigenvalue weighted by molar-refractivity contribution is 0.0634. The predicted molar refractivity (Wildman–Crippen MR) is 81.7 cm³/mol. The number of nitrogens with two attached hydrogens (primary N) is 1. The molecule has 0 fully saturated rings. The number of hydrogen-bond donors (Lipinski definition) is 2. The molecule has 1 aromatic heterocycles. The van der Waals surface area contributed by atoms with Crippen LogP contribution in [0.5, 0.6) is 0 Å². The molecule has 0 unspecified atom stereocenters. The van der Waals surface area contributed by atoms with Crippen molar-refractivity contribution in [1.82, 2.24) is 9.97 Å². The Morgan fingerprint density at radius 3 is 2.71 bits per heavy atom. The van der Waals surface area contributed by atoms with Crippen molar-refractivity contribution >= 4 is 17.7 Å². The molecule has 0 aliphatic rings. The number of rotatable bonds is 2. The summed E-state index contributed by atoms with van der Waals surface area (Å²) in [7, 11) is 0. The summed E-state index contributed by atoms with van der Waals surface area (Å²) in [6, 6.07) is 9.07. The zero-order valence-electron chi connectivity index (χ0n) is 12.3. The normalized spacial score (nSPS) is 11.0. The minimum atomic E-state index is -0.591. The van der Waals surface area contributed by atoms with E-state index in [0.29, 0.717) is 11.4 Å². The Labute approximate surface area is 123 Å². The zero-order chi connectivity index (χ0) is 15.5. The maximum atomic E-state index is 11.7. The van der Waals surface area contributed by atoms with Crippen LogP contribution in [0.1, 0.15) is 20.8 Å². The van der Waals surface area contributed by atoms with Crippen molar-refractivity contribution in [2.24, 2.45) is 0 Å². The number of nitrogens with zero attached hydrogens (tertiary/aromatic N) is 2. The monoisotopic (exact) mass is 286 g/mol. The molecule has 0 saturated carbocycles. The third kappa shape index (κ3) is 4.45. The smallest absolute Gasteiger partial charge is 0.414 e. The Morgan fingerprint density at radius 1 is 1.29 bits per heavy atom. The molecule has 0 aliphatic carbocycles. The lowest BCUT2D eigenvalue weighted by atomic mass is 10.1. The van der Waals surface area contributed by atoms with Gasteiger partial charge in [-0.1, -0.05) is 12.1 Å². The van der Waals surface area contributed by atoms with Crippen LogP contribution in [0.15, 0.2) is 36.5 Å². The van der Waals surface area contributed by atoms with Gasteiger partial charge in [-0.25, -0.2) is 14.8 Å². The van der Waals surface area contributed by atoms with Gasteiger partial charge in [0.2, 0.25) is 5.95 Å². The van der Waals surface area contributed by atoms with Crippen molar-refractivity contribution in [1.29, 1.82) is 0 Å². The number of amides is 1. The van der Waals surface area contributed by atoms with Crippen molar-refractivity contribution in [2.45, 2.75) is 26.4 Å². The average molecular weight is 286 g/mol. The second-order valence-corrected chi connectivity index (χ2v) is 5.52. The Morgan fingerprint density at radius 2 is 2.05 bits per heavy atom. The first kappa shape index (κ1) is 14.8. The summed E-state index contributed by atoms with van der Waals surface area (Å²) < 4.78 is 5.16. The van der Waals surface area contributed by atoms with Gasteiger partial charge in [0, 0.05) is 17.4 Å². The summed E-state index contributed by atoms with van der Waals surface area (Å²) in [5.74, 6) is 0.184. The Hall–Kier alpha value is -2.63. The zero-order valence-corrected chi connectivity index (χ0v) is 12.3. The number of ether oxygens (including phenoxy) is 1. The van der Waals surface area contributed by atoms with E-state index in [4.69, 9.17) is 10.5 Å². The Kier molecular flexibility index (Phi) is 4.07. The van der Waals surface area contributed by atoms with Crippen LogP contribution in [-0.4, -0.2) is 21.7 Å². The molecule has 2 aromatic rings. The van der Waals surface area contributed by atoms with Crippen molar-refractivity contribution in [2.75, 3.05) is 11.1 Å². The van der Waals surface area contributed by atoms with Gasteiger partial charge >= 0.3 is 6.09 Å². The number of aromatic nitrogens is 2. The number of anilines is 2. The number of benzene rings is 1. The second kappa shape index (κ2) is 5.78. The molecule has 1 amide bonds. The fourth-order valence-electron chi connectivity index (χ4n) is 1.67. The van der Waals surface area contributed by atoms with Gasteiger partial charge in [-0.05, 0) is 39.0 Å². The summed E-state index contributed by atoms with van der Waals surface area (Å²) in [5, 5.41) is 2.51. The highest BCUT2D eigenvalue weighted by Crippen LogP contribution is 2.20. The molecular formula is C15H18N4O2. The van der Waals surface area contributed by atoms with Crippen LogP contribution >= 0.6 is 0 Å². The summed E-state index contributed by atoms with van der Waals surface area (Å²) >= 11 is 0. The van der Waals surface area contributed by atoms with Crippen LogP contribution in [-0.2, 0) is 4.74 Å². The fraction of sp³-hybridized carbons (Fsp3) is 0.267. The van der Waals surface area contributed by atoms with Gasteiger partial charge < -0.3 is 10.5 Å². The SMILES string of the molecule is CC(C)(C)OC(=O)Nc1nccc(-c2cccc(N)c2)n1. The van der Waals surface area contributed by atoms with Crippen LogP contribution in [0, 0.1) is 0 Å². The van der Waals surface area contributed by atoms with E-state index in [2.05, 4.69) is 15.3 Å². The van der Waals surface area contributed by atoms with E-state index in [1.807, 2.05) is 12.1 Å². The van der Waals surface area contributed by atoms with Crippen LogP contribution < -0.4 is 11.1 Å². The number of hydrogen-bond acceptors (Lipinski definition) is 5. The first-order chi connectivity index (χ1) is 9.83. The van der Waals surface area contributed by atoms with E-state index < -0.39 is 11.7 Å². The van der Waals surface area contributed by atoms with E-state index in [1.165, 1.54) is 0 Å². The fourth-order valence-corrected chi connectivity index (χ4v) is 1.67. The molecular weight excluding hydrogens is 268 g/mol. The molecule has 2 rings (SSSR count). The quantitative estimate of drug-likeness (QED) is 0.828. The van der Waals surface area contributed by atoms with Crippen LogP contribution in [0.2, 0.25) is 0 Å². The number of nitrogens with one attached hydrogen (secondary N) is 1. The molecule has 110 valence electrons. The van der Waals surface area contributed by atoms with Gasteiger partial charge in [0.25, 0.3) is 0 Å². The van der Waals surface area contributed by atoms with E-state index in [1.54, 1.807) is 45.2 Å². The van der Waals surface area contributed by atoms with Gasteiger partial charge in [0.05, 0.1) is 5.69 Å². The molecule has 6 heteroatoms. The van der Waals surface area contributed by atoms with Crippen molar-refractivity contribution < 1.29 is 9.53 Å². The van der Waals surface area contributed by atoms with Gasteiger partial charge in [-0.3, -0.25) is 5.32 Å². The highest BCUT2D eigenvalue weighted by Gasteiger charge is 2.17. The first-order valence-corrected chi connectivity index (χ1v) is 6.52. The summed E-state index contributed by atoms with van der Waals surface area (Å²) in [5.41, 5.74) is 7.34. The summed E-state index contributed by atoms with van der Waals surface area (Å²) in [4.78, 5) is 20.0. The molecule has 1 heterocycles. The third-order valence-electron chi connectivity index (χ3n) is 2.45. The second-order valence-electron chi connectivity index (χ2n) is 5.52. The van der Waals surface area contributed by atoms with Crippen molar-refractivity contribution in [3.63, 3.8) is 0 Å². The highest BCUT2D eigenvalue weighted by atomic mass is 16.6. The molecule has 0 aliphatic heterocycles. The van der Waals surface area contributed by atoms with E-state index in [0.717, 1.165) is 5.56 Å². The van der Waals surface area contributed by atoms with Crippen molar-refractivity contribution in [3.8, 4) is 11.3 Å². The largest absolute Gasteiger partial charge is 0.444 e. The molecule has 0 radical (unpaired) electrons. The third-order valence-corrected chi connectivity index (χ3v) is 2.45. The maximum absolute atomic E-state index is 11.7. The summed E-state index contributed by atoms with van der Waals surface area (Å²) in [6.07, 6.45) is 0.977. The van der Waals surface area contributed by atoms with E-state index in [9.17, 15) is 4.79 Å². The molecule has 0 bridgehead atoms. The van der Waals surface area contributed by atoms with E-state index >= 15 is 0 Å². The van der Waals surface area contributed by atoms with Gasteiger partial charge in [0.1, 0.15) is 5.60 Å². The topological polar surface area (TPSA) is 90.1 Å². The van der Waals surface area contributed by atoms with Crippen LogP contribution in [0.3, 0.4) is 0 Å². The number of carbonyl (C=O) groups is 1. The van der Waals surface area contributed by atoms with Crippen LogP contribution in [0.4, 0.5) is 16.4 Å². The molecule has 1 aromatic carbocycles. The lowest BCUT2D eigenvalue weighted by Crippen LogP contribution is -2.27. The Balaban J connectivity index is 2.17. The molecule has 6 nitrogen and oxygen atoms in total. The van der Waals surface area contributed by atoms with E-state index in [-0.39, 0.29) is 5.95 Å². The maximum Gasteiger partial charge on any atom is 0.414 e. The van der Waals surface area contributed by atoms with Gasteiger partial charge in [-0.2, -0.15) is 0 Å². The molecule has 3 N–H and O–H groups in total. The molecule has 21 heavy (non-hydrogen) atoms. The minimum Gasteiger partial charge on any atom is -0.444 e. The standard InChI is InChI=1S/C15H18N4O2/c1-15(2,3)21-14(20)19-13-17-8-7-12(18-13)10-5-4-6-11(16)9-10/h4-9H,16H2,1-3H3,(H,17,18,19,20). The Bertz CT molecular complexity index is 650.